The standard InChI is InChI=1S/C23H22N2O2/c26-23(25-15-14-18-8-4-5-9-19(18)17-25)16-24-21-12-6-7-13-22(21)27-20-10-2-1-3-11-20/h1-13,24H,14-17H2. The molecule has 136 valence electrons. The summed E-state index contributed by atoms with van der Waals surface area (Å²) in [7, 11) is 0. The monoisotopic (exact) mass is 358 g/mol. The molecule has 3 aromatic rings. The highest BCUT2D eigenvalue weighted by atomic mass is 16.5. The van der Waals surface area contributed by atoms with Crippen molar-refractivity contribution in [1.82, 2.24) is 4.90 Å². The van der Waals surface area contributed by atoms with Crippen molar-refractivity contribution in [3.8, 4) is 11.5 Å². The molecule has 0 spiro atoms. The minimum absolute atomic E-state index is 0.0963. The molecule has 0 unspecified atom stereocenters. The minimum Gasteiger partial charge on any atom is -0.455 e. The number of rotatable bonds is 5. The second kappa shape index (κ2) is 7.96. The Morgan fingerprint density at radius 1 is 0.889 bits per heavy atom. The molecule has 0 saturated heterocycles. The van der Waals surface area contributed by atoms with E-state index < -0.39 is 0 Å². The number of carbonyl (C=O) groups is 1. The fourth-order valence-corrected chi connectivity index (χ4v) is 3.31. The van der Waals surface area contributed by atoms with Crippen LogP contribution in [0.1, 0.15) is 11.1 Å². The maximum absolute atomic E-state index is 12.7. The number of amides is 1. The Morgan fingerprint density at radius 2 is 1.59 bits per heavy atom. The average Bonchev–Trinajstić information content (AvgIpc) is 2.73. The summed E-state index contributed by atoms with van der Waals surface area (Å²) in [6.07, 6.45) is 0.912. The lowest BCUT2D eigenvalue weighted by atomic mass is 10.00. The van der Waals surface area contributed by atoms with Gasteiger partial charge in [0.1, 0.15) is 5.75 Å². The summed E-state index contributed by atoms with van der Waals surface area (Å²) >= 11 is 0. The van der Waals surface area contributed by atoms with Crippen molar-refractivity contribution < 1.29 is 9.53 Å². The first-order valence-corrected chi connectivity index (χ1v) is 9.20. The van der Waals surface area contributed by atoms with Crippen LogP contribution in [0.25, 0.3) is 0 Å². The number of nitrogens with zero attached hydrogens (tertiary/aromatic N) is 1. The molecule has 1 aliphatic heterocycles. The van der Waals surface area contributed by atoms with E-state index in [1.807, 2.05) is 65.6 Å². The van der Waals surface area contributed by atoms with E-state index in [1.165, 1.54) is 11.1 Å². The Hall–Kier alpha value is -3.27. The molecular weight excluding hydrogens is 336 g/mol. The number of benzene rings is 3. The topological polar surface area (TPSA) is 41.6 Å². The molecule has 1 N–H and O–H groups in total. The highest BCUT2D eigenvalue weighted by molar-refractivity contribution is 5.81. The fourth-order valence-electron chi connectivity index (χ4n) is 3.31. The molecule has 0 fully saturated rings. The molecule has 3 aromatic carbocycles. The lowest BCUT2D eigenvalue weighted by Crippen LogP contribution is -2.39. The minimum atomic E-state index is 0.0963. The van der Waals surface area contributed by atoms with Crippen LogP contribution in [-0.4, -0.2) is 23.9 Å². The molecule has 4 rings (SSSR count). The van der Waals surface area contributed by atoms with Crippen molar-refractivity contribution in [2.24, 2.45) is 0 Å². The van der Waals surface area contributed by atoms with Gasteiger partial charge < -0.3 is 15.0 Å². The third kappa shape index (κ3) is 4.11. The van der Waals surface area contributed by atoms with Crippen LogP contribution >= 0.6 is 0 Å². The van der Waals surface area contributed by atoms with Gasteiger partial charge in [0.05, 0.1) is 12.2 Å². The van der Waals surface area contributed by atoms with Crippen LogP contribution in [0, 0.1) is 0 Å². The summed E-state index contributed by atoms with van der Waals surface area (Å²) in [6, 6.07) is 25.7. The largest absolute Gasteiger partial charge is 0.455 e. The SMILES string of the molecule is O=C(CNc1ccccc1Oc1ccccc1)N1CCc2ccccc2C1. The molecule has 1 heterocycles. The number of hydrogen-bond acceptors (Lipinski definition) is 3. The van der Waals surface area contributed by atoms with Gasteiger partial charge in [-0.1, -0.05) is 54.6 Å². The van der Waals surface area contributed by atoms with Crippen LogP contribution in [0.15, 0.2) is 78.9 Å². The van der Waals surface area contributed by atoms with Crippen LogP contribution in [-0.2, 0) is 17.8 Å². The Kier molecular flexibility index (Phi) is 5.06. The Labute approximate surface area is 159 Å². The van der Waals surface area contributed by atoms with Crippen LogP contribution < -0.4 is 10.1 Å². The van der Waals surface area contributed by atoms with Gasteiger partial charge in [-0.25, -0.2) is 0 Å². The van der Waals surface area contributed by atoms with Crippen molar-refractivity contribution in [3.05, 3.63) is 90.0 Å². The van der Waals surface area contributed by atoms with E-state index in [9.17, 15) is 4.79 Å². The van der Waals surface area contributed by atoms with Crippen molar-refractivity contribution in [3.63, 3.8) is 0 Å². The first-order chi connectivity index (χ1) is 13.3. The number of carbonyl (C=O) groups excluding carboxylic acids is 1. The zero-order chi connectivity index (χ0) is 18.5. The van der Waals surface area contributed by atoms with Crippen molar-refractivity contribution in [2.45, 2.75) is 13.0 Å². The van der Waals surface area contributed by atoms with E-state index in [0.717, 1.165) is 24.4 Å². The van der Waals surface area contributed by atoms with Crippen LogP contribution in [0.4, 0.5) is 5.69 Å². The van der Waals surface area contributed by atoms with Gasteiger partial charge in [0, 0.05) is 13.1 Å². The predicted molar refractivity (Wildman–Crippen MR) is 107 cm³/mol. The maximum atomic E-state index is 12.7. The maximum Gasteiger partial charge on any atom is 0.242 e. The first kappa shape index (κ1) is 17.2. The van der Waals surface area contributed by atoms with Crippen molar-refractivity contribution in [1.29, 1.82) is 0 Å². The molecule has 4 nitrogen and oxygen atoms in total. The molecular formula is C23H22N2O2. The molecule has 0 saturated carbocycles. The molecule has 0 aromatic heterocycles. The number of para-hydroxylation sites is 3. The normalized spacial score (nSPS) is 13.0. The number of anilines is 1. The summed E-state index contributed by atoms with van der Waals surface area (Å²) in [5, 5.41) is 3.24. The zero-order valence-electron chi connectivity index (χ0n) is 15.1. The molecule has 0 atom stereocenters. The lowest BCUT2D eigenvalue weighted by Gasteiger charge is -2.29. The number of ether oxygens (including phenoxy) is 1. The fraction of sp³-hybridized carbons (Fsp3) is 0.174. The van der Waals surface area contributed by atoms with Gasteiger partial charge in [-0.05, 0) is 41.8 Å². The molecule has 0 radical (unpaired) electrons. The lowest BCUT2D eigenvalue weighted by molar-refractivity contribution is -0.130. The predicted octanol–water partition coefficient (Wildman–Crippen LogP) is 4.48. The summed E-state index contributed by atoms with van der Waals surface area (Å²) in [6.45, 7) is 1.69. The summed E-state index contributed by atoms with van der Waals surface area (Å²) in [5.41, 5.74) is 3.40. The van der Waals surface area contributed by atoms with Crippen molar-refractivity contribution >= 4 is 11.6 Å². The smallest absolute Gasteiger partial charge is 0.242 e. The van der Waals surface area contributed by atoms with Gasteiger partial charge in [-0.3, -0.25) is 4.79 Å². The molecule has 0 bridgehead atoms. The molecule has 1 amide bonds. The van der Waals surface area contributed by atoms with Crippen molar-refractivity contribution in [2.75, 3.05) is 18.4 Å². The van der Waals surface area contributed by atoms with Crippen LogP contribution in [0.2, 0.25) is 0 Å². The van der Waals surface area contributed by atoms with E-state index >= 15 is 0 Å². The summed E-state index contributed by atoms with van der Waals surface area (Å²) < 4.78 is 5.95. The van der Waals surface area contributed by atoms with E-state index in [4.69, 9.17) is 4.74 Å². The van der Waals surface area contributed by atoms with E-state index in [2.05, 4.69) is 23.5 Å². The highest BCUT2D eigenvalue weighted by Crippen LogP contribution is 2.29. The molecule has 27 heavy (non-hydrogen) atoms. The molecule has 1 aliphatic rings. The van der Waals surface area contributed by atoms with Gasteiger partial charge in [0.2, 0.25) is 5.91 Å². The van der Waals surface area contributed by atoms with E-state index in [0.29, 0.717) is 12.3 Å². The zero-order valence-corrected chi connectivity index (χ0v) is 15.1. The summed E-state index contributed by atoms with van der Waals surface area (Å²) in [4.78, 5) is 14.6. The Bertz CT molecular complexity index is 924. The Balaban J connectivity index is 1.40. The highest BCUT2D eigenvalue weighted by Gasteiger charge is 2.20. The van der Waals surface area contributed by atoms with Gasteiger partial charge in [-0.15, -0.1) is 0 Å². The number of hydrogen-bond donors (Lipinski definition) is 1. The second-order valence-electron chi connectivity index (χ2n) is 6.60. The Morgan fingerprint density at radius 3 is 2.44 bits per heavy atom. The quantitative estimate of drug-likeness (QED) is 0.731. The number of nitrogens with one attached hydrogen (secondary N) is 1. The third-order valence-corrected chi connectivity index (χ3v) is 4.77. The van der Waals surface area contributed by atoms with Gasteiger partial charge in [-0.2, -0.15) is 0 Å². The van der Waals surface area contributed by atoms with Gasteiger partial charge in [0.15, 0.2) is 5.75 Å². The molecule has 4 heteroatoms. The van der Waals surface area contributed by atoms with Gasteiger partial charge >= 0.3 is 0 Å². The summed E-state index contributed by atoms with van der Waals surface area (Å²) in [5.74, 6) is 1.57. The first-order valence-electron chi connectivity index (χ1n) is 9.20. The van der Waals surface area contributed by atoms with E-state index in [1.54, 1.807) is 0 Å². The third-order valence-electron chi connectivity index (χ3n) is 4.77. The van der Waals surface area contributed by atoms with Crippen LogP contribution in [0.5, 0.6) is 11.5 Å². The number of fused-ring (bicyclic) bond motifs is 1. The van der Waals surface area contributed by atoms with Gasteiger partial charge in [0.25, 0.3) is 0 Å². The van der Waals surface area contributed by atoms with E-state index in [-0.39, 0.29) is 12.5 Å². The van der Waals surface area contributed by atoms with Crippen LogP contribution in [0.3, 0.4) is 0 Å². The molecule has 0 aliphatic carbocycles. The second-order valence-corrected chi connectivity index (χ2v) is 6.60. The average molecular weight is 358 g/mol.